The molecule has 3 rings (SSSR count). The number of thiazole rings is 1. The number of aryl methyl sites for hydroxylation is 1. The molecule has 0 fully saturated rings. The van der Waals surface area contributed by atoms with Crippen LogP contribution in [0.1, 0.15) is 17.6 Å². The van der Waals surface area contributed by atoms with Crippen molar-refractivity contribution in [3.8, 4) is 11.5 Å². The van der Waals surface area contributed by atoms with E-state index in [1.54, 1.807) is 16.2 Å². The minimum atomic E-state index is -0.174. The van der Waals surface area contributed by atoms with Gasteiger partial charge in [-0.25, -0.2) is 9.78 Å². The molecule has 7 heteroatoms. The molecule has 6 nitrogen and oxygen atoms in total. The predicted molar refractivity (Wildman–Crippen MR) is 92.7 cm³/mol. The number of likely N-dealkylation sites (N-methyl/N-ethyl adjacent to an activating group) is 1. The lowest BCUT2D eigenvalue weighted by Gasteiger charge is -2.30. The van der Waals surface area contributed by atoms with Crippen LogP contribution in [0.25, 0.3) is 0 Å². The quantitative estimate of drug-likeness (QED) is 0.903. The molecule has 2 amide bonds. The third kappa shape index (κ3) is 3.97. The van der Waals surface area contributed by atoms with Crippen molar-refractivity contribution in [2.24, 2.45) is 0 Å². The average molecular weight is 347 g/mol. The molecule has 0 saturated carbocycles. The number of hydrogen-bond donors (Lipinski definition) is 1. The van der Waals surface area contributed by atoms with E-state index >= 15 is 0 Å². The lowest BCUT2D eigenvalue weighted by Crippen LogP contribution is -2.47. The van der Waals surface area contributed by atoms with E-state index in [0.717, 1.165) is 22.2 Å². The van der Waals surface area contributed by atoms with Gasteiger partial charge in [0, 0.05) is 11.9 Å². The molecule has 0 aliphatic carbocycles. The van der Waals surface area contributed by atoms with Crippen LogP contribution in [-0.2, 0) is 6.54 Å². The fourth-order valence-corrected chi connectivity index (χ4v) is 3.13. The van der Waals surface area contributed by atoms with Crippen molar-refractivity contribution in [2.75, 3.05) is 19.7 Å². The van der Waals surface area contributed by atoms with E-state index in [4.69, 9.17) is 9.47 Å². The predicted octanol–water partition coefficient (Wildman–Crippen LogP) is 2.82. The summed E-state index contributed by atoms with van der Waals surface area (Å²) in [5.41, 5.74) is 0.882. The highest BCUT2D eigenvalue weighted by Crippen LogP contribution is 2.30. The second-order valence-electron chi connectivity index (χ2n) is 5.55. The van der Waals surface area contributed by atoms with Crippen LogP contribution in [0.2, 0.25) is 0 Å². The Labute approximate surface area is 145 Å². The van der Waals surface area contributed by atoms with Crippen LogP contribution < -0.4 is 14.8 Å². The molecule has 2 aromatic rings. The Morgan fingerprint density at radius 3 is 2.92 bits per heavy atom. The van der Waals surface area contributed by atoms with Gasteiger partial charge in [0.2, 0.25) is 0 Å². The van der Waals surface area contributed by atoms with Crippen molar-refractivity contribution in [1.82, 2.24) is 15.2 Å². The number of carbonyl (C=O) groups is 1. The first-order chi connectivity index (χ1) is 11.7. The number of carbonyl (C=O) groups excluding carboxylic acids is 1. The highest BCUT2D eigenvalue weighted by atomic mass is 32.1. The van der Waals surface area contributed by atoms with Crippen LogP contribution in [0.4, 0.5) is 4.79 Å². The molecule has 24 heavy (non-hydrogen) atoms. The first-order valence-electron chi connectivity index (χ1n) is 7.98. The van der Waals surface area contributed by atoms with E-state index in [0.29, 0.717) is 26.2 Å². The van der Waals surface area contributed by atoms with E-state index in [2.05, 4.69) is 10.3 Å². The number of aromatic nitrogens is 1. The van der Waals surface area contributed by atoms with Gasteiger partial charge in [-0.1, -0.05) is 12.1 Å². The molecule has 1 aromatic carbocycles. The lowest BCUT2D eigenvalue weighted by atomic mass is 10.2. The first-order valence-corrected chi connectivity index (χ1v) is 8.86. The zero-order chi connectivity index (χ0) is 16.9. The molecule has 0 saturated heterocycles. The number of rotatable bonds is 5. The molecule has 2 heterocycles. The number of nitrogens with one attached hydrogen (secondary N) is 1. The summed E-state index contributed by atoms with van der Waals surface area (Å²) in [7, 11) is 0. The maximum atomic E-state index is 12.4. The zero-order valence-corrected chi connectivity index (χ0v) is 14.6. The van der Waals surface area contributed by atoms with Crippen LogP contribution in [0.15, 0.2) is 29.6 Å². The molecule has 1 aliphatic heterocycles. The highest BCUT2D eigenvalue weighted by Gasteiger charge is 2.24. The van der Waals surface area contributed by atoms with Gasteiger partial charge >= 0.3 is 6.03 Å². The second-order valence-corrected chi connectivity index (χ2v) is 6.62. The van der Waals surface area contributed by atoms with Gasteiger partial charge in [-0.2, -0.15) is 0 Å². The molecule has 1 unspecified atom stereocenters. The van der Waals surface area contributed by atoms with Crippen LogP contribution in [-0.4, -0.2) is 41.7 Å². The first kappa shape index (κ1) is 16.6. The van der Waals surface area contributed by atoms with Gasteiger partial charge in [-0.15, -0.1) is 11.3 Å². The summed E-state index contributed by atoms with van der Waals surface area (Å²) in [6, 6.07) is 7.46. The van der Waals surface area contributed by atoms with Gasteiger partial charge in [0.25, 0.3) is 0 Å². The van der Waals surface area contributed by atoms with Gasteiger partial charge < -0.3 is 19.7 Å². The van der Waals surface area contributed by atoms with Gasteiger partial charge in [-0.05, 0) is 26.0 Å². The highest BCUT2D eigenvalue weighted by molar-refractivity contribution is 7.09. The Hall–Kier alpha value is -2.28. The Bertz CT molecular complexity index is 704. The summed E-state index contributed by atoms with van der Waals surface area (Å²) < 4.78 is 11.6. The second kappa shape index (κ2) is 7.53. The zero-order valence-electron chi connectivity index (χ0n) is 13.8. The maximum absolute atomic E-state index is 12.4. The number of amides is 2. The molecule has 0 radical (unpaired) electrons. The smallest absolute Gasteiger partial charge is 0.317 e. The third-order valence-corrected chi connectivity index (χ3v) is 4.57. The van der Waals surface area contributed by atoms with E-state index in [1.165, 1.54) is 0 Å². The lowest BCUT2D eigenvalue weighted by molar-refractivity contribution is 0.0675. The third-order valence-electron chi connectivity index (χ3n) is 3.75. The van der Waals surface area contributed by atoms with Crippen molar-refractivity contribution in [3.63, 3.8) is 0 Å². The summed E-state index contributed by atoms with van der Waals surface area (Å²) in [4.78, 5) is 18.4. The number of ether oxygens (including phenoxy) is 2. The topological polar surface area (TPSA) is 63.7 Å². The molecule has 1 aliphatic rings. The number of fused-ring (bicyclic) bond motifs is 1. The van der Waals surface area contributed by atoms with Crippen LogP contribution in [0, 0.1) is 6.92 Å². The Kier molecular flexibility index (Phi) is 5.20. The summed E-state index contributed by atoms with van der Waals surface area (Å²) in [5.74, 6) is 1.48. The van der Waals surface area contributed by atoms with Crippen molar-refractivity contribution in [2.45, 2.75) is 26.5 Å². The van der Waals surface area contributed by atoms with Gasteiger partial charge in [-0.3, -0.25) is 0 Å². The maximum Gasteiger partial charge on any atom is 0.317 e. The molecule has 1 atom stereocenters. The Morgan fingerprint density at radius 1 is 1.42 bits per heavy atom. The monoisotopic (exact) mass is 347 g/mol. The van der Waals surface area contributed by atoms with Gasteiger partial charge in [0.05, 0.1) is 23.8 Å². The van der Waals surface area contributed by atoms with E-state index in [-0.39, 0.29) is 12.1 Å². The van der Waals surface area contributed by atoms with Crippen LogP contribution >= 0.6 is 11.3 Å². The minimum absolute atomic E-state index is 0.120. The summed E-state index contributed by atoms with van der Waals surface area (Å²) in [6.45, 7) is 5.85. The summed E-state index contributed by atoms with van der Waals surface area (Å²) in [5, 5.41) is 5.86. The fourth-order valence-electron chi connectivity index (χ4n) is 2.52. The molecule has 1 N–H and O–H groups in total. The molecule has 128 valence electrons. The van der Waals surface area contributed by atoms with Crippen molar-refractivity contribution >= 4 is 17.4 Å². The normalized spacial score (nSPS) is 15.8. The van der Waals surface area contributed by atoms with E-state index in [1.807, 2.05) is 43.5 Å². The number of nitrogens with zero attached hydrogens (tertiary/aromatic N) is 2. The van der Waals surface area contributed by atoms with E-state index in [9.17, 15) is 4.79 Å². The standard InChI is InChI=1S/C17H21N3O3S/c1-3-20(17(21)18-8-13-11-24-12(2)19-13)9-14-10-22-15-6-4-5-7-16(15)23-14/h4-7,11,14H,3,8-10H2,1-2H3,(H,18,21). The minimum Gasteiger partial charge on any atom is -0.486 e. The molecular weight excluding hydrogens is 326 g/mol. The Balaban J connectivity index is 1.53. The van der Waals surface area contributed by atoms with Crippen molar-refractivity contribution in [3.05, 3.63) is 40.3 Å². The van der Waals surface area contributed by atoms with Crippen molar-refractivity contribution < 1.29 is 14.3 Å². The summed E-state index contributed by atoms with van der Waals surface area (Å²) in [6.07, 6.45) is -0.174. The summed E-state index contributed by atoms with van der Waals surface area (Å²) >= 11 is 1.58. The fraction of sp³-hybridized carbons (Fsp3) is 0.412. The van der Waals surface area contributed by atoms with Crippen LogP contribution in [0.3, 0.4) is 0 Å². The van der Waals surface area contributed by atoms with Gasteiger partial charge in [0.15, 0.2) is 17.6 Å². The molecule has 0 bridgehead atoms. The van der Waals surface area contributed by atoms with Crippen molar-refractivity contribution in [1.29, 1.82) is 0 Å². The number of urea groups is 1. The number of hydrogen-bond acceptors (Lipinski definition) is 5. The van der Waals surface area contributed by atoms with Gasteiger partial charge in [0.1, 0.15) is 6.61 Å². The number of para-hydroxylation sites is 2. The van der Waals surface area contributed by atoms with E-state index < -0.39 is 0 Å². The Morgan fingerprint density at radius 2 is 2.21 bits per heavy atom. The average Bonchev–Trinajstić information content (AvgIpc) is 3.02. The molecule has 1 aromatic heterocycles. The molecular formula is C17H21N3O3S. The SMILES string of the molecule is CCN(CC1COc2ccccc2O1)C(=O)NCc1csc(C)n1. The van der Waals surface area contributed by atoms with Crippen LogP contribution in [0.5, 0.6) is 11.5 Å². The number of benzene rings is 1. The molecule has 0 spiro atoms. The largest absolute Gasteiger partial charge is 0.486 e.